The molecule has 1 saturated heterocycles. The number of amides is 1. The van der Waals surface area contributed by atoms with Crippen molar-refractivity contribution in [1.82, 2.24) is 10.1 Å². The van der Waals surface area contributed by atoms with Crippen LogP contribution in [-0.2, 0) is 4.79 Å². The number of hydrogen-bond donors (Lipinski definition) is 1. The second-order valence-electron chi connectivity index (χ2n) is 7.28. The number of nitrogens with zero attached hydrogens (tertiary/aromatic N) is 2. The topological polar surface area (TPSA) is 75.8 Å². The van der Waals surface area contributed by atoms with Crippen LogP contribution in [0.4, 0.5) is 0 Å². The van der Waals surface area contributed by atoms with Crippen LogP contribution < -0.4 is 4.74 Å². The molecule has 0 atom stereocenters. The second kappa shape index (κ2) is 8.49. The van der Waals surface area contributed by atoms with Gasteiger partial charge >= 0.3 is 0 Å². The number of carbonyl (C=O) groups excluding carboxylic acids is 1. The van der Waals surface area contributed by atoms with Crippen LogP contribution in [0.1, 0.15) is 18.4 Å². The van der Waals surface area contributed by atoms with Crippen molar-refractivity contribution >= 4 is 5.91 Å². The number of rotatable bonds is 5. The highest BCUT2D eigenvalue weighted by atomic mass is 16.5. The highest BCUT2D eigenvalue weighted by Crippen LogP contribution is 2.32. The highest BCUT2D eigenvalue weighted by Gasteiger charge is 2.21. The van der Waals surface area contributed by atoms with Crippen molar-refractivity contribution in [1.29, 1.82) is 0 Å². The van der Waals surface area contributed by atoms with Crippen LogP contribution in [-0.4, -0.2) is 46.9 Å². The van der Waals surface area contributed by atoms with Gasteiger partial charge in [-0.2, -0.15) is 0 Å². The molecule has 0 saturated carbocycles. The maximum atomic E-state index is 12.2. The zero-order chi connectivity index (χ0) is 20.2. The number of hydrogen-bond acceptors (Lipinski definition) is 5. The number of piperidine rings is 1. The van der Waals surface area contributed by atoms with E-state index in [9.17, 15) is 9.90 Å². The van der Waals surface area contributed by atoms with E-state index in [4.69, 9.17) is 9.26 Å². The molecule has 0 radical (unpaired) electrons. The van der Waals surface area contributed by atoms with Crippen LogP contribution in [0, 0.1) is 6.92 Å². The summed E-state index contributed by atoms with van der Waals surface area (Å²) in [5.74, 6) is 1.34. The van der Waals surface area contributed by atoms with Crippen molar-refractivity contribution in [2.75, 3.05) is 19.7 Å². The van der Waals surface area contributed by atoms with Crippen molar-refractivity contribution < 1.29 is 19.2 Å². The van der Waals surface area contributed by atoms with E-state index < -0.39 is 0 Å². The summed E-state index contributed by atoms with van der Waals surface area (Å²) < 4.78 is 11.2. The predicted molar refractivity (Wildman–Crippen MR) is 109 cm³/mol. The number of likely N-dealkylation sites (tertiary alicyclic amines) is 1. The molecule has 0 unspecified atom stereocenters. The third-order valence-corrected chi connectivity index (χ3v) is 5.27. The lowest BCUT2D eigenvalue weighted by atomic mass is 10.0. The predicted octanol–water partition coefficient (Wildman–Crippen LogP) is 3.68. The van der Waals surface area contributed by atoms with Crippen LogP contribution in [0.5, 0.6) is 5.75 Å². The van der Waals surface area contributed by atoms with Crippen LogP contribution in [0.2, 0.25) is 0 Å². The molecule has 1 N–H and O–H groups in total. The fraction of sp³-hybridized carbons (Fsp3) is 0.304. The molecule has 2 heterocycles. The number of aliphatic hydroxyl groups excluding tert-OH is 1. The van der Waals surface area contributed by atoms with Crippen molar-refractivity contribution in [3.63, 3.8) is 0 Å². The molecule has 1 aliphatic rings. The molecular formula is C23H24N2O4. The first-order chi connectivity index (χ1) is 14.1. The lowest BCUT2D eigenvalue weighted by molar-refractivity contribution is -0.135. The van der Waals surface area contributed by atoms with Gasteiger partial charge in [-0.15, -0.1) is 0 Å². The molecule has 0 bridgehead atoms. The maximum absolute atomic E-state index is 12.2. The van der Waals surface area contributed by atoms with Gasteiger partial charge in [0.05, 0.1) is 6.10 Å². The quantitative estimate of drug-likeness (QED) is 0.717. The van der Waals surface area contributed by atoms with Gasteiger partial charge in [-0.1, -0.05) is 35.5 Å². The summed E-state index contributed by atoms with van der Waals surface area (Å²) in [6.45, 7) is 3.15. The van der Waals surface area contributed by atoms with Crippen molar-refractivity contribution in [3.8, 4) is 28.3 Å². The Hall–Kier alpha value is -3.12. The molecular weight excluding hydrogens is 368 g/mol. The number of carbonyl (C=O) groups is 1. The molecule has 0 aliphatic carbocycles. The van der Waals surface area contributed by atoms with E-state index in [1.165, 1.54) is 0 Å². The molecule has 29 heavy (non-hydrogen) atoms. The standard InChI is InChI=1S/C23H24N2O4/c1-16-22(24-29-23(16)18-5-3-2-4-6-18)17-7-9-20(10-8-17)28-15-21(27)25-13-11-19(26)12-14-25/h2-10,19,26H,11-15H2,1H3. The molecule has 2 aromatic carbocycles. The second-order valence-corrected chi connectivity index (χ2v) is 7.28. The fourth-order valence-corrected chi connectivity index (χ4v) is 3.52. The molecule has 4 rings (SSSR count). The Kier molecular flexibility index (Phi) is 5.62. The molecule has 6 heteroatoms. The Labute approximate surface area is 169 Å². The molecule has 3 aromatic rings. The summed E-state index contributed by atoms with van der Waals surface area (Å²) in [4.78, 5) is 14.0. The van der Waals surface area contributed by atoms with Crippen LogP contribution in [0.25, 0.3) is 22.6 Å². The minimum atomic E-state index is -0.296. The van der Waals surface area contributed by atoms with Gasteiger partial charge in [-0.25, -0.2) is 0 Å². The van der Waals surface area contributed by atoms with Gasteiger partial charge in [-0.3, -0.25) is 4.79 Å². The van der Waals surface area contributed by atoms with Crippen molar-refractivity contribution in [2.24, 2.45) is 0 Å². The zero-order valence-corrected chi connectivity index (χ0v) is 16.4. The summed E-state index contributed by atoms with van der Waals surface area (Å²) in [6.07, 6.45) is 0.958. The van der Waals surface area contributed by atoms with Crippen LogP contribution in [0.15, 0.2) is 59.1 Å². The van der Waals surface area contributed by atoms with Crippen LogP contribution in [0.3, 0.4) is 0 Å². The third kappa shape index (κ3) is 4.32. The largest absolute Gasteiger partial charge is 0.484 e. The van der Waals surface area contributed by atoms with Crippen LogP contribution >= 0.6 is 0 Å². The monoisotopic (exact) mass is 392 g/mol. The first-order valence-corrected chi connectivity index (χ1v) is 9.82. The number of aromatic nitrogens is 1. The van der Waals surface area contributed by atoms with Gasteiger partial charge in [0.15, 0.2) is 12.4 Å². The van der Waals surface area contributed by atoms with Crippen molar-refractivity contribution in [2.45, 2.75) is 25.9 Å². The lowest BCUT2D eigenvalue weighted by Crippen LogP contribution is -2.42. The Balaban J connectivity index is 1.40. The lowest BCUT2D eigenvalue weighted by Gasteiger charge is -2.29. The third-order valence-electron chi connectivity index (χ3n) is 5.27. The Morgan fingerprint density at radius 3 is 2.48 bits per heavy atom. The zero-order valence-electron chi connectivity index (χ0n) is 16.4. The number of benzene rings is 2. The number of aliphatic hydroxyl groups is 1. The summed E-state index contributed by atoms with van der Waals surface area (Å²) in [6, 6.07) is 17.4. The fourth-order valence-electron chi connectivity index (χ4n) is 3.52. The van der Waals surface area contributed by atoms with Crippen molar-refractivity contribution in [3.05, 3.63) is 60.2 Å². The summed E-state index contributed by atoms with van der Waals surface area (Å²) in [7, 11) is 0. The van der Waals surface area contributed by atoms with E-state index in [-0.39, 0.29) is 18.6 Å². The van der Waals surface area contributed by atoms with E-state index in [2.05, 4.69) is 5.16 Å². The molecule has 150 valence electrons. The summed E-state index contributed by atoms with van der Waals surface area (Å²) >= 11 is 0. The van der Waals surface area contributed by atoms with E-state index in [1.807, 2.05) is 61.5 Å². The Bertz CT molecular complexity index is 958. The minimum Gasteiger partial charge on any atom is -0.484 e. The van der Waals surface area contributed by atoms with Gasteiger partial charge in [0.25, 0.3) is 5.91 Å². The maximum Gasteiger partial charge on any atom is 0.260 e. The van der Waals surface area contributed by atoms with Gasteiger partial charge in [0.2, 0.25) is 0 Å². The smallest absolute Gasteiger partial charge is 0.260 e. The first-order valence-electron chi connectivity index (χ1n) is 9.82. The van der Waals surface area contributed by atoms with Gasteiger partial charge in [-0.05, 0) is 44.0 Å². The van der Waals surface area contributed by atoms with Gasteiger partial charge in [0, 0.05) is 29.8 Å². The first kappa shape index (κ1) is 19.2. The molecule has 1 amide bonds. The molecule has 1 aromatic heterocycles. The summed E-state index contributed by atoms with van der Waals surface area (Å²) in [5, 5.41) is 13.8. The summed E-state index contributed by atoms with van der Waals surface area (Å²) in [5.41, 5.74) is 3.69. The Morgan fingerprint density at radius 2 is 1.79 bits per heavy atom. The van der Waals surface area contributed by atoms with E-state index in [1.54, 1.807) is 4.90 Å². The molecule has 6 nitrogen and oxygen atoms in total. The van der Waals surface area contributed by atoms with E-state index in [0.717, 1.165) is 28.1 Å². The van der Waals surface area contributed by atoms with E-state index >= 15 is 0 Å². The minimum absolute atomic E-state index is 0.00339. The highest BCUT2D eigenvalue weighted by molar-refractivity contribution is 5.78. The number of ether oxygens (including phenoxy) is 1. The van der Waals surface area contributed by atoms with Gasteiger partial charge in [0.1, 0.15) is 11.4 Å². The average Bonchev–Trinajstić information content (AvgIpc) is 3.15. The molecule has 1 fully saturated rings. The normalized spacial score (nSPS) is 14.8. The van der Waals surface area contributed by atoms with E-state index in [0.29, 0.717) is 31.7 Å². The molecule has 1 aliphatic heterocycles. The van der Waals surface area contributed by atoms with Gasteiger partial charge < -0.3 is 19.3 Å². The SMILES string of the molecule is Cc1c(-c2ccc(OCC(=O)N3CCC(O)CC3)cc2)noc1-c1ccccc1. The molecule has 0 spiro atoms. The Morgan fingerprint density at radius 1 is 1.10 bits per heavy atom. The average molecular weight is 392 g/mol.